The van der Waals surface area contributed by atoms with E-state index in [1.165, 1.54) is 6.07 Å². The quantitative estimate of drug-likeness (QED) is 0.588. The van der Waals surface area contributed by atoms with Crippen LogP contribution < -0.4 is 4.72 Å². The third-order valence-corrected chi connectivity index (χ3v) is 4.73. The Morgan fingerprint density at radius 1 is 1.12 bits per heavy atom. The fourth-order valence-electron chi connectivity index (χ4n) is 1.79. The average molecular weight is 425 g/mol. The van der Waals surface area contributed by atoms with Crippen molar-refractivity contribution >= 4 is 37.3 Å². The maximum atomic E-state index is 12.7. The first-order chi connectivity index (χ1) is 11.0. The Hall–Kier alpha value is -2.14. The van der Waals surface area contributed by atoms with Crippen LogP contribution in [0.2, 0.25) is 0 Å². The van der Waals surface area contributed by atoms with E-state index in [1.54, 1.807) is 0 Å². The fraction of sp³-hybridized carbons (Fsp3) is 0.0769. The van der Waals surface area contributed by atoms with Gasteiger partial charge in [0.1, 0.15) is 5.69 Å². The topological polar surface area (TPSA) is 89.3 Å². The van der Waals surface area contributed by atoms with Crippen LogP contribution in [-0.2, 0) is 16.2 Å². The minimum absolute atomic E-state index is 0.344. The van der Waals surface area contributed by atoms with Crippen LogP contribution in [0, 0.1) is 10.1 Å². The zero-order valence-corrected chi connectivity index (χ0v) is 13.9. The van der Waals surface area contributed by atoms with E-state index in [4.69, 9.17) is 0 Å². The Morgan fingerprint density at radius 2 is 1.79 bits per heavy atom. The van der Waals surface area contributed by atoms with Gasteiger partial charge in [0.2, 0.25) is 0 Å². The summed E-state index contributed by atoms with van der Waals surface area (Å²) in [7, 11) is -4.43. The zero-order chi connectivity index (χ0) is 18.1. The van der Waals surface area contributed by atoms with Crippen LogP contribution in [0.25, 0.3) is 0 Å². The number of hydrogen-bond donors (Lipinski definition) is 1. The van der Waals surface area contributed by atoms with Crippen molar-refractivity contribution in [1.29, 1.82) is 0 Å². The van der Waals surface area contributed by atoms with Crippen molar-refractivity contribution in [3.8, 4) is 0 Å². The van der Waals surface area contributed by atoms with E-state index < -0.39 is 37.3 Å². The minimum atomic E-state index is -4.71. The molecule has 0 heterocycles. The highest BCUT2D eigenvalue weighted by Gasteiger charge is 2.32. The average Bonchev–Trinajstić information content (AvgIpc) is 2.48. The van der Waals surface area contributed by atoms with Gasteiger partial charge in [-0.3, -0.25) is 14.8 Å². The normalized spacial score (nSPS) is 12.0. The first-order valence-corrected chi connectivity index (χ1v) is 8.42. The number of nitrogens with zero attached hydrogens (tertiary/aromatic N) is 1. The van der Waals surface area contributed by atoms with Gasteiger partial charge in [-0.2, -0.15) is 13.2 Å². The third kappa shape index (κ3) is 4.03. The highest BCUT2D eigenvalue weighted by molar-refractivity contribution is 9.10. The molecule has 0 fully saturated rings. The Kier molecular flexibility index (Phi) is 4.85. The fourth-order valence-corrected chi connectivity index (χ4v) is 3.25. The van der Waals surface area contributed by atoms with E-state index in [1.807, 2.05) is 4.72 Å². The molecular formula is C13H8BrF3N2O4S. The van der Waals surface area contributed by atoms with Crippen LogP contribution in [0.1, 0.15) is 5.56 Å². The Morgan fingerprint density at radius 3 is 2.38 bits per heavy atom. The van der Waals surface area contributed by atoms with Gasteiger partial charge in [0, 0.05) is 10.5 Å². The Bertz CT molecular complexity index is 900. The SMILES string of the molecule is O=[N+]([O-])c1cc(Br)ccc1NS(=O)(=O)c1cccc(C(F)(F)F)c1. The van der Waals surface area contributed by atoms with E-state index in [9.17, 15) is 31.7 Å². The van der Waals surface area contributed by atoms with E-state index in [0.29, 0.717) is 10.5 Å². The maximum Gasteiger partial charge on any atom is 0.416 e. The Balaban J connectivity index is 2.45. The molecule has 1 N–H and O–H groups in total. The molecule has 0 bridgehead atoms. The molecule has 2 aromatic carbocycles. The van der Waals surface area contributed by atoms with Crippen LogP contribution in [0.15, 0.2) is 51.8 Å². The second kappa shape index (κ2) is 6.40. The molecule has 0 amide bonds. The summed E-state index contributed by atoms with van der Waals surface area (Å²) in [4.78, 5) is 9.51. The van der Waals surface area contributed by atoms with Crippen molar-refractivity contribution in [2.45, 2.75) is 11.1 Å². The standard InChI is InChI=1S/C13H8BrF3N2O4S/c14-9-4-5-11(12(7-9)19(20)21)18-24(22,23)10-3-1-2-8(6-10)13(15,16)17/h1-7,18H. The van der Waals surface area contributed by atoms with E-state index >= 15 is 0 Å². The van der Waals surface area contributed by atoms with E-state index in [-0.39, 0.29) is 5.69 Å². The summed E-state index contributed by atoms with van der Waals surface area (Å²) in [6, 6.07) is 6.64. The molecule has 0 aromatic heterocycles. The molecule has 0 aliphatic carbocycles. The maximum absolute atomic E-state index is 12.7. The predicted molar refractivity (Wildman–Crippen MR) is 83.0 cm³/mol. The number of rotatable bonds is 4. The van der Waals surface area contributed by atoms with Gasteiger partial charge in [-0.05, 0) is 30.3 Å². The highest BCUT2D eigenvalue weighted by Crippen LogP contribution is 2.32. The molecule has 128 valence electrons. The molecule has 0 unspecified atom stereocenters. The van der Waals surface area contributed by atoms with Crippen molar-refractivity contribution in [3.63, 3.8) is 0 Å². The largest absolute Gasteiger partial charge is 0.416 e. The van der Waals surface area contributed by atoms with Gasteiger partial charge in [-0.25, -0.2) is 8.42 Å². The van der Waals surface area contributed by atoms with Gasteiger partial charge in [0.05, 0.1) is 15.4 Å². The molecule has 6 nitrogen and oxygen atoms in total. The highest BCUT2D eigenvalue weighted by atomic mass is 79.9. The van der Waals surface area contributed by atoms with E-state index in [2.05, 4.69) is 15.9 Å². The van der Waals surface area contributed by atoms with Gasteiger partial charge in [-0.15, -0.1) is 0 Å². The number of benzene rings is 2. The molecule has 0 aliphatic rings. The van der Waals surface area contributed by atoms with Gasteiger partial charge in [0.25, 0.3) is 15.7 Å². The zero-order valence-electron chi connectivity index (χ0n) is 11.5. The van der Waals surface area contributed by atoms with Gasteiger partial charge < -0.3 is 0 Å². The molecule has 0 aliphatic heterocycles. The van der Waals surface area contributed by atoms with Crippen LogP contribution in [0.5, 0.6) is 0 Å². The van der Waals surface area contributed by atoms with Crippen LogP contribution >= 0.6 is 15.9 Å². The lowest BCUT2D eigenvalue weighted by atomic mass is 10.2. The smallest absolute Gasteiger partial charge is 0.273 e. The van der Waals surface area contributed by atoms with Crippen molar-refractivity contribution in [2.24, 2.45) is 0 Å². The monoisotopic (exact) mass is 424 g/mol. The number of nitro benzene ring substituents is 1. The summed E-state index contributed by atoms with van der Waals surface area (Å²) < 4.78 is 64.8. The molecule has 2 aromatic rings. The summed E-state index contributed by atoms with van der Waals surface area (Å²) in [5.41, 5.74) is -2.05. The molecule has 0 saturated heterocycles. The summed E-state index contributed by atoms with van der Waals surface area (Å²) in [6.45, 7) is 0. The molecule has 0 atom stereocenters. The molecule has 0 radical (unpaired) electrons. The second-order valence-electron chi connectivity index (χ2n) is 4.55. The number of hydrogen-bond acceptors (Lipinski definition) is 4. The van der Waals surface area contributed by atoms with Crippen molar-refractivity contribution in [2.75, 3.05) is 4.72 Å². The molecule has 2 rings (SSSR count). The lowest BCUT2D eigenvalue weighted by molar-refractivity contribution is -0.384. The second-order valence-corrected chi connectivity index (χ2v) is 7.15. The van der Waals surface area contributed by atoms with Crippen molar-refractivity contribution in [1.82, 2.24) is 0 Å². The number of nitro groups is 1. The number of sulfonamides is 1. The minimum Gasteiger partial charge on any atom is -0.273 e. The summed E-state index contributed by atoms with van der Waals surface area (Å²) in [6.07, 6.45) is -4.71. The Labute approximate surface area is 142 Å². The van der Waals surface area contributed by atoms with Crippen LogP contribution in [0.3, 0.4) is 0 Å². The first kappa shape index (κ1) is 18.2. The molecule has 0 saturated carbocycles. The van der Waals surface area contributed by atoms with Crippen molar-refractivity contribution < 1.29 is 26.5 Å². The summed E-state index contributed by atoms with van der Waals surface area (Å²) >= 11 is 3.01. The predicted octanol–water partition coefficient (Wildman–Crippen LogP) is 4.18. The number of nitrogens with one attached hydrogen (secondary N) is 1. The van der Waals surface area contributed by atoms with Crippen molar-refractivity contribution in [3.05, 3.63) is 62.6 Å². The molecule has 11 heteroatoms. The summed E-state index contributed by atoms with van der Waals surface area (Å²) in [5, 5.41) is 11.0. The lowest BCUT2D eigenvalue weighted by Crippen LogP contribution is -2.15. The van der Waals surface area contributed by atoms with Gasteiger partial charge >= 0.3 is 6.18 Å². The van der Waals surface area contributed by atoms with Crippen LogP contribution in [-0.4, -0.2) is 13.3 Å². The first-order valence-electron chi connectivity index (χ1n) is 6.15. The lowest BCUT2D eigenvalue weighted by Gasteiger charge is -2.11. The van der Waals surface area contributed by atoms with Gasteiger partial charge in [0.15, 0.2) is 0 Å². The number of alkyl halides is 3. The van der Waals surface area contributed by atoms with E-state index in [0.717, 1.165) is 30.3 Å². The molecular weight excluding hydrogens is 417 g/mol. The van der Waals surface area contributed by atoms with Crippen LogP contribution in [0.4, 0.5) is 24.5 Å². The third-order valence-electron chi connectivity index (χ3n) is 2.87. The number of halogens is 4. The molecule has 0 spiro atoms. The van der Waals surface area contributed by atoms with Gasteiger partial charge in [-0.1, -0.05) is 22.0 Å². The summed E-state index contributed by atoms with van der Waals surface area (Å²) in [5.74, 6) is 0. The molecule has 24 heavy (non-hydrogen) atoms. The number of anilines is 1.